The average Bonchev–Trinajstić information content (AvgIpc) is 2.99. The van der Waals surface area contributed by atoms with Crippen LogP contribution in [0.15, 0.2) is 36.5 Å². The summed E-state index contributed by atoms with van der Waals surface area (Å²) in [6.07, 6.45) is 1.83. The van der Waals surface area contributed by atoms with Crippen LogP contribution < -0.4 is 5.32 Å². The third-order valence-corrected chi connectivity index (χ3v) is 6.21. The van der Waals surface area contributed by atoms with Crippen LogP contribution in [0.1, 0.15) is 6.42 Å². The smallest absolute Gasteiger partial charge is 0.241 e. The molecule has 2 aromatic heterocycles. The predicted octanol–water partition coefficient (Wildman–Crippen LogP) is 1.48. The number of benzene rings is 1. The number of hydrogen-bond acceptors (Lipinski definition) is 6. The number of sulfonamides is 1. The molecule has 1 saturated heterocycles. The molecule has 0 amide bonds. The Labute approximate surface area is 165 Å². The van der Waals surface area contributed by atoms with E-state index >= 15 is 0 Å². The highest BCUT2D eigenvalue weighted by Crippen LogP contribution is 2.25. The number of β-amino-alcohol motifs (C(OH)–C–C–N with tert-alkyl or cyclic N) is 1. The lowest BCUT2D eigenvalue weighted by Gasteiger charge is -2.34. The molecule has 0 aliphatic carbocycles. The molecule has 1 aromatic carbocycles. The van der Waals surface area contributed by atoms with Crippen molar-refractivity contribution in [1.82, 2.24) is 18.9 Å². The van der Waals surface area contributed by atoms with Gasteiger partial charge in [0, 0.05) is 24.7 Å². The van der Waals surface area contributed by atoms with E-state index < -0.39 is 33.8 Å². The van der Waals surface area contributed by atoms with Gasteiger partial charge in [-0.2, -0.15) is 4.31 Å². The van der Waals surface area contributed by atoms with Crippen molar-refractivity contribution >= 4 is 21.5 Å². The van der Waals surface area contributed by atoms with Crippen molar-refractivity contribution in [3.63, 3.8) is 0 Å². The molecule has 1 aliphatic rings. The molecule has 1 fully saturated rings. The molecule has 8 nitrogen and oxygen atoms in total. The Bertz CT molecular complexity index is 1150. The Morgan fingerprint density at radius 1 is 1.24 bits per heavy atom. The number of halogens is 2. The maximum absolute atomic E-state index is 14.3. The number of anilines is 1. The van der Waals surface area contributed by atoms with E-state index in [2.05, 4.69) is 15.4 Å². The van der Waals surface area contributed by atoms with E-state index in [4.69, 9.17) is 0 Å². The van der Waals surface area contributed by atoms with Crippen molar-refractivity contribution in [2.24, 2.45) is 0 Å². The van der Waals surface area contributed by atoms with Crippen LogP contribution >= 0.6 is 0 Å². The fraction of sp³-hybridized carbons (Fsp3) is 0.333. The first-order chi connectivity index (χ1) is 13.7. The van der Waals surface area contributed by atoms with E-state index in [0.717, 1.165) is 6.26 Å². The third kappa shape index (κ3) is 3.93. The van der Waals surface area contributed by atoms with Crippen molar-refractivity contribution in [1.29, 1.82) is 0 Å². The summed E-state index contributed by atoms with van der Waals surface area (Å²) in [6.45, 7) is 0.229. The van der Waals surface area contributed by atoms with Crippen molar-refractivity contribution in [3.8, 4) is 11.3 Å². The van der Waals surface area contributed by atoms with E-state index in [9.17, 15) is 22.3 Å². The van der Waals surface area contributed by atoms with Gasteiger partial charge in [-0.1, -0.05) is 0 Å². The normalized spacial score (nSPS) is 20.8. The van der Waals surface area contributed by atoms with Crippen LogP contribution in [0.4, 0.5) is 14.7 Å². The summed E-state index contributed by atoms with van der Waals surface area (Å²) in [4.78, 5) is 4.10. The quantitative estimate of drug-likeness (QED) is 0.660. The van der Waals surface area contributed by atoms with Crippen LogP contribution in [0, 0.1) is 11.6 Å². The predicted molar refractivity (Wildman–Crippen MR) is 103 cm³/mol. The second-order valence-electron chi connectivity index (χ2n) is 6.99. The molecular weight excluding hydrogens is 404 g/mol. The van der Waals surface area contributed by atoms with E-state index in [0.29, 0.717) is 17.7 Å². The lowest BCUT2D eigenvalue weighted by Crippen LogP contribution is -2.51. The van der Waals surface area contributed by atoms with Gasteiger partial charge in [0.1, 0.15) is 11.3 Å². The van der Waals surface area contributed by atoms with E-state index in [1.165, 1.54) is 45.3 Å². The number of aliphatic hydroxyl groups excluding tert-OH is 1. The molecule has 3 aromatic rings. The molecule has 1 aliphatic heterocycles. The van der Waals surface area contributed by atoms with Gasteiger partial charge in [0.25, 0.3) is 0 Å². The minimum absolute atomic E-state index is 0.0300. The van der Waals surface area contributed by atoms with Gasteiger partial charge in [-0.05, 0) is 30.7 Å². The Kier molecular flexibility index (Phi) is 4.97. The van der Waals surface area contributed by atoms with E-state index in [-0.39, 0.29) is 24.6 Å². The lowest BCUT2D eigenvalue weighted by molar-refractivity contribution is 0.0950. The minimum Gasteiger partial charge on any atom is -0.390 e. The monoisotopic (exact) mass is 423 g/mol. The number of piperidine rings is 1. The number of nitrogens with zero attached hydrogens (tertiary/aromatic N) is 4. The standard InChI is InChI=1S/C18H19F2N5O3S/c1-29(27,28)24-7-6-14(17(26)10-24)22-18-21-9-16-13(20)8-15(25(16)23-18)11-2-4-12(19)5-3-11/h2-5,8-9,14,17,26H,6-7,10H2,1H3,(H,22,23)/t14-,17-/m1/s1. The SMILES string of the molecule is CS(=O)(=O)N1CC[C@@H](Nc2ncc3c(F)cc(-c4ccc(F)cc4)n3n2)[C@H](O)C1. The van der Waals surface area contributed by atoms with Crippen LogP contribution in [0.3, 0.4) is 0 Å². The molecular formula is C18H19F2N5O3S. The molecule has 2 N–H and O–H groups in total. The summed E-state index contributed by atoms with van der Waals surface area (Å²) >= 11 is 0. The van der Waals surface area contributed by atoms with Crippen LogP contribution in [-0.4, -0.2) is 63.9 Å². The molecule has 154 valence electrons. The lowest BCUT2D eigenvalue weighted by atomic mass is 10.0. The number of nitrogens with one attached hydrogen (secondary N) is 1. The van der Waals surface area contributed by atoms with Crippen LogP contribution in [0.5, 0.6) is 0 Å². The Balaban J connectivity index is 1.61. The summed E-state index contributed by atoms with van der Waals surface area (Å²) in [7, 11) is -3.38. The molecule has 0 radical (unpaired) electrons. The van der Waals surface area contributed by atoms with Gasteiger partial charge in [0.05, 0.1) is 30.3 Å². The van der Waals surface area contributed by atoms with Crippen molar-refractivity contribution < 1.29 is 22.3 Å². The average molecular weight is 423 g/mol. The van der Waals surface area contributed by atoms with Crippen LogP contribution in [0.2, 0.25) is 0 Å². The second kappa shape index (κ2) is 7.32. The van der Waals surface area contributed by atoms with Crippen molar-refractivity contribution in [2.75, 3.05) is 24.7 Å². The highest BCUT2D eigenvalue weighted by atomic mass is 32.2. The van der Waals surface area contributed by atoms with Crippen LogP contribution in [-0.2, 0) is 10.0 Å². The van der Waals surface area contributed by atoms with Gasteiger partial charge in [0.2, 0.25) is 16.0 Å². The number of aromatic nitrogens is 3. The summed E-state index contributed by atoms with van der Waals surface area (Å²) < 4.78 is 53.3. The van der Waals surface area contributed by atoms with Gasteiger partial charge in [-0.15, -0.1) is 5.10 Å². The highest BCUT2D eigenvalue weighted by Gasteiger charge is 2.32. The fourth-order valence-electron chi connectivity index (χ4n) is 3.38. The maximum Gasteiger partial charge on any atom is 0.241 e. The third-order valence-electron chi connectivity index (χ3n) is 4.94. The molecule has 0 saturated carbocycles. The van der Waals surface area contributed by atoms with Crippen molar-refractivity contribution in [3.05, 3.63) is 48.2 Å². The summed E-state index contributed by atoms with van der Waals surface area (Å²) in [5.41, 5.74) is 1.16. The molecule has 0 unspecified atom stereocenters. The van der Waals surface area contributed by atoms with Crippen molar-refractivity contribution in [2.45, 2.75) is 18.6 Å². The largest absolute Gasteiger partial charge is 0.390 e. The first kappa shape index (κ1) is 19.7. The van der Waals surface area contributed by atoms with Gasteiger partial charge in [0.15, 0.2) is 5.82 Å². The molecule has 0 bridgehead atoms. The topological polar surface area (TPSA) is 99.8 Å². The van der Waals surface area contributed by atoms with Crippen LogP contribution in [0.25, 0.3) is 16.8 Å². The first-order valence-corrected chi connectivity index (χ1v) is 10.8. The van der Waals surface area contributed by atoms with Gasteiger partial charge < -0.3 is 10.4 Å². The zero-order valence-corrected chi connectivity index (χ0v) is 16.3. The Morgan fingerprint density at radius 2 is 1.97 bits per heavy atom. The first-order valence-electron chi connectivity index (χ1n) is 8.92. The molecule has 4 rings (SSSR count). The fourth-order valence-corrected chi connectivity index (χ4v) is 4.24. The Morgan fingerprint density at radius 3 is 2.62 bits per heavy atom. The van der Waals surface area contributed by atoms with Gasteiger partial charge in [-0.25, -0.2) is 26.7 Å². The minimum atomic E-state index is -3.38. The molecule has 3 heterocycles. The number of rotatable bonds is 4. The number of hydrogen-bond donors (Lipinski definition) is 2. The molecule has 0 spiro atoms. The molecule has 29 heavy (non-hydrogen) atoms. The Hall–Kier alpha value is -2.63. The zero-order valence-electron chi connectivity index (χ0n) is 15.5. The second-order valence-corrected chi connectivity index (χ2v) is 8.97. The zero-order chi connectivity index (χ0) is 20.8. The van der Waals surface area contributed by atoms with E-state index in [1.807, 2.05) is 0 Å². The highest BCUT2D eigenvalue weighted by molar-refractivity contribution is 7.88. The van der Waals surface area contributed by atoms with E-state index in [1.54, 1.807) is 0 Å². The number of fused-ring (bicyclic) bond motifs is 1. The molecule has 11 heteroatoms. The summed E-state index contributed by atoms with van der Waals surface area (Å²) in [6, 6.07) is 6.44. The van der Waals surface area contributed by atoms with Gasteiger partial charge in [-0.3, -0.25) is 0 Å². The summed E-state index contributed by atoms with van der Waals surface area (Å²) in [5, 5.41) is 17.6. The summed E-state index contributed by atoms with van der Waals surface area (Å²) in [5.74, 6) is -0.757. The maximum atomic E-state index is 14.3. The molecule has 2 atom stereocenters. The number of aliphatic hydroxyl groups is 1. The van der Waals surface area contributed by atoms with Gasteiger partial charge >= 0.3 is 0 Å².